The van der Waals surface area contributed by atoms with Crippen LogP contribution in [0.25, 0.3) is 0 Å². The lowest BCUT2D eigenvalue weighted by molar-refractivity contribution is -0.120. The molecule has 1 saturated carbocycles. The summed E-state index contributed by atoms with van der Waals surface area (Å²) in [4.78, 5) is 29.9. The van der Waals surface area contributed by atoms with Crippen LogP contribution in [0, 0.1) is 5.41 Å². The summed E-state index contributed by atoms with van der Waals surface area (Å²) in [5, 5.41) is 12.3. The van der Waals surface area contributed by atoms with Gasteiger partial charge in [0.2, 0.25) is 5.91 Å². The number of anilines is 1. The van der Waals surface area contributed by atoms with Gasteiger partial charge in [0.05, 0.1) is 13.2 Å². The molecule has 140 valence electrons. The van der Waals surface area contributed by atoms with E-state index >= 15 is 0 Å². The van der Waals surface area contributed by atoms with E-state index in [0.29, 0.717) is 35.6 Å². The van der Waals surface area contributed by atoms with E-state index in [2.05, 4.69) is 32.8 Å². The van der Waals surface area contributed by atoms with Crippen LogP contribution in [-0.2, 0) is 16.1 Å². The number of hydrogen-bond donors (Lipinski definition) is 3. The molecule has 0 radical (unpaired) electrons. The number of ether oxygens (including phenoxy) is 1. The molecule has 4 N–H and O–H groups in total. The first-order valence-electron chi connectivity index (χ1n) is 8.28. The molecule has 1 aliphatic carbocycles. The average molecular weight is 425 g/mol. The molecule has 2 aliphatic rings. The van der Waals surface area contributed by atoms with Crippen molar-refractivity contribution in [2.75, 3.05) is 18.5 Å². The third kappa shape index (κ3) is 3.46. The van der Waals surface area contributed by atoms with Crippen molar-refractivity contribution in [1.29, 1.82) is 0 Å². The summed E-state index contributed by atoms with van der Waals surface area (Å²) < 4.78 is 5.99. The van der Waals surface area contributed by atoms with Crippen molar-refractivity contribution >= 4 is 33.7 Å². The number of carboxylic acid groups (broad SMARTS) is 1. The van der Waals surface area contributed by atoms with E-state index in [-0.39, 0.29) is 18.1 Å². The van der Waals surface area contributed by atoms with Crippen LogP contribution in [0.3, 0.4) is 0 Å². The van der Waals surface area contributed by atoms with Gasteiger partial charge in [0.1, 0.15) is 16.5 Å². The van der Waals surface area contributed by atoms with Crippen LogP contribution in [0.15, 0.2) is 29.4 Å². The number of pyridine rings is 1. The molecule has 0 bridgehead atoms. The molecule has 2 heterocycles. The van der Waals surface area contributed by atoms with Crippen LogP contribution in [0.5, 0.6) is 0 Å². The normalized spacial score (nSPS) is 26.3. The zero-order chi connectivity index (χ0) is 18.9. The minimum atomic E-state index is -1.10. The largest absolute Gasteiger partial charge is 0.465 e. The smallest absolute Gasteiger partial charge is 0.408 e. The van der Waals surface area contributed by atoms with E-state index in [9.17, 15) is 14.7 Å². The van der Waals surface area contributed by atoms with Crippen LogP contribution in [0.4, 0.5) is 10.6 Å². The van der Waals surface area contributed by atoms with Crippen molar-refractivity contribution in [3.63, 3.8) is 0 Å². The highest BCUT2D eigenvalue weighted by molar-refractivity contribution is 9.10. The molecule has 9 heteroatoms. The van der Waals surface area contributed by atoms with E-state index < -0.39 is 18.0 Å². The number of piperidine rings is 1. The Labute approximate surface area is 159 Å². The number of carbonyl (C=O) groups excluding carboxylic acids is 1. The van der Waals surface area contributed by atoms with Crippen molar-refractivity contribution in [3.05, 3.63) is 35.0 Å². The van der Waals surface area contributed by atoms with E-state index in [1.165, 1.54) is 4.90 Å². The first-order chi connectivity index (χ1) is 12.4. The molecule has 1 aliphatic heterocycles. The SMILES string of the molecule is C=CCOCc1ccc(Br)nc1NC(=O)[C@@H]1CC2(CN)CC2N1C(=O)O. The Bertz CT molecular complexity index is 743. The fourth-order valence-electron chi connectivity index (χ4n) is 3.57. The Balaban J connectivity index is 1.76. The summed E-state index contributed by atoms with van der Waals surface area (Å²) in [5.41, 5.74) is 6.24. The van der Waals surface area contributed by atoms with Gasteiger partial charge in [-0.3, -0.25) is 9.69 Å². The Kier molecular flexibility index (Phi) is 5.31. The molecule has 0 spiro atoms. The van der Waals surface area contributed by atoms with Crippen molar-refractivity contribution in [2.24, 2.45) is 11.1 Å². The number of nitrogens with zero attached hydrogens (tertiary/aromatic N) is 2. The Morgan fingerprint density at radius 1 is 1.54 bits per heavy atom. The zero-order valence-corrected chi connectivity index (χ0v) is 15.7. The number of amides is 2. The number of aromatic nitrogens is 1. The minimum Gasteiger partial charge on any atom is -0.465 e. The fourth-order valence-corrected chi connectivity index (χ4v) is 3.88. The van der Waals surface area contributed by atoms with Gasteiger partial charge < -0.3 is 20.9 Å². The molecule has 1 aromatic rings. The molecule has 26 heavy (non-hydrogen) atoms. The van der Waals surface area contributed by atoms with Gasteiger partial charge in [-0.25, -0.2) is 9.78 Å². The quantitative estimate of drug-likeness (QED) is 0.349. The lowest BCUT2D eigenvalue weighted by Crippen LogP contribution is -2.45. The lowest BCUT2D eigenvalue weighted by Gasteiger charge is -2.24. The summed E-state index contributed by atoms with van der Waals surface area (Å²) in [5.74, 6) is -0.0517. The molecule has 2 amide bonds. The molecular weight excluding hydrogens is 404 g/mol. The monoisotopic (exact) mass is 424 g/mol. The predicted molar refractivity (Wildman–Crippen MR) is 98.6 cm³/mol. The van der Waals surface area contributed by atoms with Crippen molar-refractivity contribution < 1.29 is 19.4 Å². The number of nitrogens with one attached hydrogen (secondary N) is 1. The lowest BCUT2D eigenvalue weighted by atomic mass is 9.99. The van der Waals surface area contributed by atoms with Gasteiger partial charge in [-0.15, -0.1) is 6.58 Å². The summed E-state index contributed by atoms with van der Waals surface area (Å²) in [6.07, 6.45) is 1.68. The molecule has 1 aromatic heterocycles. The second-order valence-electron chi connectivity index (χ2n) is 6.63. The van der Waals surface area contributed by atoms with Gasteiger partial charge >= 0.3 is 6.09 Å². The summed E-state index contributed by atoms with van der Waals surface area (Å²) in [6, 6.07) is 2.60. The number of hydrogen-bond acceptors (Lipinski definition) is 5. The Morgan fingerprint density at radius 3 is 2.96 bits per heavy atom. The molecule has 1 saturated heterocycles. The second-order valence-corrected chi connectivity index (χ2v) is 7.44. The molecule has 0 aromatic carbocycles. The first-order valence-corrected chi connectivity index (χ1v) is 9.07. The number of carbonyl (C=O) groups is 2. The number of fused-ring (bicyclic) bond motifs is 1. The van der Waals surface area contributed by atoms with Crippen molar-refractivity contribution in [3.8, 4) is 0 Å². The number of likely N-dealkylation sites (tertiary alicyclic amines) is 1. The van der Waals surface area contributed by atoms with Crippen LogP contribution >= 0.6 is 15.9 Å². The summed E-state index contributed by atoms with van der Waals surface area (Å²) >= 11 is 3.28. The van der Waals surface area contributed by atoms with E-state index in [0.717, 1.165) is 6.42 Å². The van der Waals surface area contributed by atoms with Crippen LogP contribution in [0.1, 0.15) is 18.4 Å². The van der Waals surface area contributed by atoms with Gasteiger partial charge in [0.25, 0.3) is 0 Å². The highest BCUT2D eigenvalue weighted by Crippen LogP contribution is 2.58. The highest BCUT2D eigenvalue weighted by atomic mass is 79.9. The second kappa shape index (κ2) is 7.34. The number of halogens is 1. The first kappa shape index (κ1) is 18.8. The fraction of sp³-hybridized carbons (Fsp3) is 0.471. The summed E-state index contributed by atoms with van der Waals surface area (Å²) in [7, 11) is 0. The topological polar surface area (TPSA) is 118 Å². The summed E-state index contributed by atoms with van der Waals surface area (Å²) in [6.45, 7) is 4.60. The molecular formula is C17H21BrN4O4. The molecule has 3 rings (SSSR count). The maximum atomic E-state index is 12.8. The molecule has 8 nitrogen and oxygen atoms in total. The average Bonchev–Trinajstić information content (AvgIpc) is 3.21. The van der Waals surface area contributed by atoms with Gasteiger partial charge in [0.15, 0.2) is 0 Å². The molecule has 2 unspecified atom stereocenters. The maximum Gasteiger partial charge on any atom is 0.408 e. The molecule has 2 fully saturated rings. The highest BCUT2D eigenvalue weighted by Gasteiger charge is 2.66. The Hall–Kier alpha value is -1.97. The van der Waals surface area contributed by atoms with Crippen LogP contribution < -0.4 is 11.1 Å². The zero-order valence-electron chi connectivity index (χ0n) is 14.2. The van der Waals surface area contributed by atoms with Crippen LogP contribution in [-0.4, -0.2) is 52.2 Å². The standard InChI is InChI=1S/C17H21BrN4O4/c1-2-5-26-8-10-3-4-13(18)20-14(10)21-15(23)11-6-17(9-19)7-12(17)22(11)16(24)25/h2-4,11-12H,1,5-9,19H2,(H,24,25)(H,20,21,23)/t11-,12?,17?/m0/s1. The van der Waals surface area contributed by atoms with E-state index in [4.69, 9.17) is 10.5 Å². The van der Waals surface area contributed by atoms with Crippen LogP contribution in [0.2, 0.25) is 0 Å². The van der Waals surface area contributed by atoms with Crippen molar-refractivity contribution in [1.82, 2.24) is 9.88 Å². The third-order valence-corrected chi connectivity index (χ3v) is 5.47. The van der Waals surface area contributed by atoms with E-state index in [1.807, 2.05) is 0 Å². The van der Waals surface area contributed by atoms with Gasteiger partial charge in [-0.1, -0.05) is 12.1 Å². The number of nitrogens with two attached hydrogens (primary N) is 1. The predicted octanol–water partition coefficient (Wildman–Crippen LogP) is 1.95. The molecule has 3 atom stereocenters. The Morgan fingerprint density at radius 2 is 2.31 bits per heavy atom. The third-order valence-electron chi connectivity index (χ3n) is 5.03. The van der Waals surface area contributed by atoms with E-state index in [1.54, 1.807) is 18.2 Å². The van der Waals surface area contributed by atoms with Crippen molar-refractivity contribution in [2.45, 2.75) is 31.5 Å². The van der Waals surface area contributed by atoms with Gasteiger partial charge in [0, 0.05) is 23.6 Å². The maximum absolute atomic E-state index is 12.8. The number of rotatable bonds is 7. The van der Waals surface area contributed by atoms with Gasteiger partial charge in [-0.05, 0) is 34.8 Å². The minimum absolute atomic E-state index is 0.174. The van der Waals surface area contributed by atoms with Gasteiger partial charge in [-0.2, -0.15) is 0 Å².